The van der Waals surface area contributed by atoms with E-state index in [-0.39, 0.29) is 18.3 Å². The fourth-order valence-electron chi connectivity index (χ4n) is 2.49. The number of hydrogen-bond donors (Lipinski definition) is 1. The van der Waals surface area contributed by atoms with Crippen LogP contribution in [0.5, 0.6) is 11.5 Å². The van der Waals surface area contributed by atoms with Gasteiger partial charge in [0, 0.05) is 15.8 Å². The summed E-state index contributed by atoms with van der Waals surface area (Å²) in [4.78, 5) is 12.5. The highest BCUT2D eigenvalue weighted by Gasteiger charge is 2.42. The van der Waals surface area contributed by atoms with Crippen LogP contribution in [0.3, 0.4) is 0 Å². The van der Waals surface area contributed by atoms with Gasteiger partial charge in [-0.2, -0.15) is 0 Å². The van der Waals surface area contributed by atoms with Crippen molar-refractivity contribution < 1.29 is 24.2 Å². The molecule has 5 nitrogen and oxygen atoms in total. The van der Waals surface area contributed by atoms with Gasteiger partial charge >= 0.3 is 5.71 Å². The van der Waals surface area contributed by atoms with Crippen LogP contribution in [0.25, 0.3) is 0 Å². The first kappa shape index (κ1) is 12.2. The SMILES string of the molecule is O=C1C(c2ccc(Cl)cc2)=[N+](O)c2cc3c(cc21)OCO3. The number of Topliss-reactive ketones (excluding diaryl/α,β-unsaturated/α-hetero) is 1. The molecule has 2 aliphatic heterocycles. The average molecular weight is 303 g/mol. The Morgan fingerprint density at radius 1 is 1.10 bits per heavy atom. The Bertz CT molecular complexity index is 811. The van der Waals surface area contributed by atoms with E-state index in [9.17, 15) is 10.0 Å². The molecule has 0 atom stereocenters. The van der Waals surface area contributed by atoms with Gasteiger partial charge in [-0.15, -0.1) is 0 Å². The highest BCUT2D eigenvalue weighted by Crippen LogP contribution is 2.40. The summed E-state index contributed by atoms with van der Waals surface area (Å²) in [5.41, 5.74) is 1.54. The lowest BCUT2D eigenvalue weighted by molar-refractivity contribution is -0.710. The Kier molecular flexibility index (Phi) is 2.46. The highest BCUT2D eigenvalue weighted by molar-refractivity contribution is 6.52. The first-order valence-electron chi connectivity index (χ1n) is 6.25. The van der Waals surface area contributed by atoms with Gasteiger partial charge in [-0.05, 0) is 24.3 Å². The molecule has 0 spiro atoms. The van der Waals surface area contributed by atoms with Gasteiger partial charge in [0.2, 0.25) is 6.79 Å². The highest BCUT2D eigenvalue weighted by atomic mass is 35.5. The van der Waals surface area contributed by atoms with Crippen LogP contribution in [0.1, 0.15) is 15.9 Å². The van der Waals surface area contributed by atoms with E-state index < -0.39 is 0 Å². The molecule has 0 unspecified atom stereocenters. The zero-order valence-electron chi connectivity index (χ0n) is 10.7. The molecule has 0 saturated carbocycles. The molecule has 0 saturated heterocycles. The van der Waals surface area contributed by atoms with E-state index in [0.717, 1.165) is 4.74 Å². The number of hydrogen-bond acceptors (Lipinski definition) is 4. The van der Waals surface area contributed by atoms with Gasteiger partial charge in [0.05, 0.1) is 11.6 Å². The maximum Gasteiger partial charge on any atom is 0.313 e. The van der Waals surface area contributed by atoms with Crippen molar-refractivity contribution in [2.24, 2.45) is 0 Å². The first-order valence-corrected chi connectivity index (χ1v) is 6.63. The molecule has 2 aromatic rings. The van der Waals surface area contributed by atoms with E-state index in [4.69, 9.17) is 21.1 Å². The van der Waals surface area contributed by atoms with E-state index in [1.807, 2.05) is 0 Å². The summed E-state index contributed by atoms with van der Waals surface area (Å²) in [6.45, 7) is 0.117. The van der Waals surface area contributed by atoms with E-state index >= 15 is 0 Å². The summed E-state index contributed by atoms with van der Waals surface area (Å²) in [6.07, 6.45) is 0. The molecule has 0 radical (unpaired) electrons. The number of halogens is 1. The molecular formula is C15H9ClNO4+. The minimum absolute atomic E-state index is 0.117. The molecule has 0 bridgehead atoms. The molecule has 0 aliphatic carbocycles. The topological polar surface area (TPSA) is 58.8 Å². The number of ketones is 1. The summed E-state index contributed by atoms with van der Waals surface area (Å²) in [5, 5.41) is 10.9. The summed E-state index contributed by atoms with van der Waals surface area (Å²) in [7, 11) is 0. The molecule has 21 heavy (non-hydrogen) atoms. The van der Waals surface area contributed by atoms with E-state index in [1.54, 1.807) is 36.4 Å². The third-order valence-electron chi connectivity index (χ3n) is 3.51. The van der Waals surface area contributed by atoms with Crippen LogP contribution >= 0.6 is 11.6 Å². The quantitative estimate of drug-likeness (QED) is 0.650. The fraction of sp³-hybridized carbons (Fsp3) is 0.0667. The fourth-order valence-corrected chi connectivity index (χ4v) is 2.62. The van der Waals surface area contributed by atoms with Crippen LogP contribution in [-0.4, -0.2) is 28.2 Å². The molecule has 0 aromatic heterocycles. The number of benzene rings is 2. The van der Waals surface area contributed by atoms with Crippen molar-refractivity contribution in [1.29, 1.82) is 0 Å². The Labute approximate surface area is 124 Å². The number of fused-ring (bicyclic) bond motifs is 2. The predicted octanol–water partition coefficient (Wildman–Crippen LogP) is 2.79. The third-order valence-corrected chi connectivity index (χ3v) is 3.76. The van der Waals surface area contributed by atoms with Gasteiger partial charge in [0.15, 0.2) is 11.5 Å². The molecule has 2 aromatic carbocycles. The lowest BCUT2D eigenvalue weighted by Gasteiger charge is -1.95. The smallest absolute Gasteiger partial charge is 0.313 e. The van der Waals surface area contributed by atoms with Gasteiger partial charge < -0.3 is 9.47 Å². The molecule has 104 valence electrons. The Morgan fingerprint density at radius 3 is 2.48 bits per heavy atom. The minimum atomic E-state index is -0.270. The van der Waals surface area contributed by atoms with E-state index in [2.05, 4.69) is 0 Å². The first-order chi connectivity index (χ1) is 10.1. The van der Waals surface area contributed by atoms with Crippen molar-refractivity contribution >= 4 is 28.8 Å². The molecule has 2 heterocycles. The summed E-state index contributed by atoms with van der Waals surface area (Å²) in [6, 6.07) is 9.89. The zero-order valence-corrected chi connectivity index (χ0v) is 11.4. The average Bonchev–Trinajstić information content (AvgIpc) is 3.03. The maximum atomic E-state index is 12.5. The molecular weight excluding hydrogens is 294 g/mol. The van der Waals surface area contributed by atoms with E-state index in [1.165, 1.54) is 0 Å². The summed E-state index contributed by atoms with van der Waals surface area (Å²) >= 11 is 5.84. The van der Waals surface area contributed by atoms with Gasteiger partial charge in [-0.25, -0.2) is 0 Å². The second-order valence-corrected chi connectivity index (χ2v) is 5.16. The number of ether oxygens (including phenoxy) is 2. The largest absolute Gasteiger partial charge is 0.454 e. The van der Waals surface area contributed by atoms with E-state index in [0.29, 0.717) is 33.3 Å². The summed E-state index contributed by atoms with van der Waals surface area (Å²) < 4.78 is 11.4. The number of carbonyl (C=O) groups is 1. The lowest BCUT2D eigenvalue weighted by Crippen LogP contribution is -2.17. The van der Waals surface area contributed by atoms with Gasteiger partial charge in [0.1, 0.15) is 5.56 Å². The molecule has 1 N–H and O–H groups in total. The number of nitrogens with zero attached hydrogens (tertiary/aromatic N) is 1. The molecule has 0 fully saturated rings. The van der Waals surface area contributed by atoms with Crippen molar-refractivity contribution in [2.45, 2.75) is 0 Å². The molecule has 0 amide bonds. The van der Waals surface area contributed by atoms with Gasteiger partial charge in [-0.1, -0.05) is 11.6 Å². The molecule has 4 rings (SSSR count). The maximum absolute atomic E-state index is 12.5. The number of carbonyl (C=O) groups excluding carboxylic acids is 1. The zero-order chi connectivity index (χ0) is 14.6. The van der Waals surface area contributed by atoms with Crippen molar-refractivity contribution in [1.82, 2.24) is 0 Å². The van der Waals surface area contributed by atoms with Gasteiger partial charge in [-0.3, -0.25) is 10.0 Å². The predicted molar refractivity (Wildman–Crippen MR) is 74.2 cm³/mol. The monoisotopic (exact) mass is 302 g/mol. The van der Waals surface area contributed by atoms with Crippen LogP contribution in [-0.2, 0) is 0 Å². The number of rotatable bonds is 1. The normalized spacial score (nSPS) is 15.6. The van der Waals surface area contributed by atoms with Crippen LogP contribution in [0, 0.1) is 0 Å². The standard InChI is InChI=1S/C15H9ClNO4/c16-9-3-1-8(2-4-9)14-15(18)10-5-12-13(21-7-20-12)6-11(10)17(14)19/h1-6,19H,7H2/q+1. The van der Waals surface area contributed by atoms with Crippen molar-refractivity contribution in [2.75, 3.05) is 6.79 Å². The minimum Gasteiger partial charge on any atom is -0.454 e. The van der Waals surface area contributed by atoms with Crippen molar-refractivity contribution in [3.63, 3.8) is 0 Å². The second-order valence-electron chi connectivity index (χ2n) is 4.72. The Morgan fingerprint density at radius 2 is 1.76 bits per heavy atom. The van der Waals surface area contributed by atoms with Crippen LogP contribution < -0.4 is 9.47 Å². The van der Waals surface area contributed by atoms with Gasteiger partial charge in [0.25, 0.3) is 11.5 Å². The third kappa shape index (κ3) is 1.71. The molecule has 6 heteroatoms. The van der Waals surface area contributed by atoms with Crippen molar-refractivity contribution in [3.8, 4) is 11.5 Å². The van der Waals surface area contributed by atoms with Crippen LogP contribution in [0.2, 0.25) is 5.02 Å². The van der Waals surface area contributed by atoms with Crippen molar-refractivity contribution in [3.05, 3.63) is 52.5 Å². The summed E-state index contributed by atoms with van der Waals surface area (Å²) in [5.74, 6) is 0.749. The molecule has 2 aliphatic rings. The lowest BCUT2D eigenvalue weighted by atomic mass is 10.0. The Hall–Kier alpha value is -2.53. The Balaban J connectivity index is 1.88. The second kappa shape index (κ2) is 4.23. The van der Waals surface area contributed by atoms with Crippen LogP contribution in [0.15, 0.2) is 36.4 Å². The van der Waals surface area contributed by atoms with Crippen LogP contribution in [0.4, 0.5) is 5.69 Å².